The number of aromatic nitrogens is 4. The summed E-state index contributed by atoms with van der Waals surface area (Å²) in [4.78, 5) is 148. The quantitative estimate of drug-likeness (QED) is 0.0142. The summed E-state index contributed by atoms with van der Waals surface area (Å²) >= 11 is 1.19. The van der Waals surface area contributed by atoms with Gasteiger partial charge in [0, 0.05) is 55.2 Å². The second kappa shape index (κ2) is 63.2. The molecule has 0 fully saturated rings. The van der Waals surface area contributed by atoms with Crippen LogP contribution in [-0.4, -0.2) is 170 Å². The van der Waals surface area contributed by atoms with Crippen LogP contribution in [0.3, 0.4) is 0 Å². The highest BCUT2D eigenvalue weighted by atomic mass is 32.2. The van der Waals surface area contributed by atoms with E-state index in [2.05, 4.69) is 62.3 Å². The number of hydrogen-bond acceptors (Lipinski definition) is 22. The SMILES string of the molecule is CCCCCCCCCCCCCCCC(=O)OCC(CSC[C@H](N)C(=O)NC(CO)C(=O)N[C@@H](CCCCN)C(=O)CC(CCCCCC(=O)c1ccc(Cn2c(=O)[nH]c3c(N)nc(NCCCC)nc32)cc1)C(=O)N[C@@H](CCCCN)C(=O)NC(CCCCN)C(=O)O)OC(=O)CCCCCCCCCCCCCCC. The van der Waals surface area contributed by atoms with Gasteiger partial charge in [-0.05, 0) is 115 Å². The smallest absolute Gasteiger partial charge is 0.328 e. The number of carbonyl (C=O) groups is 9. The molecule has 4 unspecified atom stereocenters. The minimum atomic E-state index is -1.58. The van der Waals surface area contributed by atoms with Gasteiger partial charge in [0.2, 0.25) is 29.6 Å². The van der Waals surface area contributed by atoms with Crippen LogP contribution >= 0.6 is 11.8 Å². The van der Waals surface area contributed by atoms with Crippen molar-refractivity contribution < 1.29 is 62.8 Å². The van der Waals surface area contributed by atoms with Crippen LogP contribution in [-0.2, 0) is 54.4 Å². The maximum absolute atomic E-state index is 14.7. The number of unbranched alkanes of at least 4 members (excludes halogenated alkanes) is 30. The van der Waals surface area contributed by atoms with Gasteiger partial charge in [0.25, 0.3) is 0 Å². The summed E-state index contributed by atoms with van der Waals surface area (Å²) < 4.78 is 13.0. The number of aliphatic carboxylic acids is 1. The van der Waals surface area contributed by atoms with E-state index >= 15 is 0 Å². The fraction of sp³-hybridized carbons (Fsp3) is 0.762. The molecule has 0 saturated carbocycles. The summed E-state index contributed by atoms with van der Waals surface area (Å²) in [6, 6.07) is 0.325. The second-order valence-corrected chi connectivity index (χ2v) is 31.6. The highest BCUT2D eigenvalue weighted by Crippen LogP contribution is 2.24. The number of fused-ring (bicyclic) bond motifs is 1. The van der Waals surface area contributed by atoms with Gasteiger partial charge in [-0.25, -0.2) is 9.59 Å². The number of carboxylic acid groups (broad SMARTS) is 1. The number of imidazole rings is 1. The third kappa shape index (κ3) is 44.6. The number of nitrogen functional groups attached to an aromatic ring is 1. The van der Waals surface area contributed by atoms with Gasteiger partial charge in [0.1, 0.15) is 36.4 Å². The maximum atomic E-state index is 14.7. The molecule has 28 nitrogen and oxygen atoms in total. The summed E-state index contributed by atoms with van der Waals surface area (Å²) in [5.74, 6) is -6.45. The lowest BCUT2D eigenvalue weighted by Crippen LogP contribution is -2.56. The molecule has 29 heteroatoms. The number of nitrogens with one attached hydrogen (secondary N) is 6. The molecule has 1 aromatic carbocycles. The van der Waals surface area contributed by atoms with Crippen molar-refractivity contribution in [3.8, 4) is 0 Å². The van der Waals surface area contributed by atoms with Crippen LogP contribution in [0, 0.1) is 5.92 Å². The van der Waals surface area contributed by atoms with Gasteiger partial charge in [-0.1, -0.05) is 218 Å². The van der Waals surface area contributed by atoms with Crippen LogP contribution < -0.4 is 60.9 Å². The molecule has 0 spiro atoms. The third-order valence-electron chi connectivity index (χ3n) is 20.6. The van der Waals surface area contributed by atoms with E-state index in [4.69, 9.17) is 38.1 Å². The lowest BCUT2D eigenvalue weighted by atomic mass is 9.90. The Kier molecular flexibility index (Phi) is 56.0. The van der Waals surface area contributed by atoms with Crippen LogP contribution in [0.15, 0.2) is 29.1 Å². The van der Waals surface area contributed by atoms with Crippen molar-refractivity contribution >= 4 is 87.8 Å². The zero-order valence-corrected chi connectivity index (χ0v) is 69.8. The normalized spacial score (nSPS) is 13.3. The van der Waals surface area contributed by atoms with Crippen molar-refractivity contribution in [1.82, 2.24) is 40.8 Å². The number of anilines is 2. The maximum Gasteiger partial charge on any atom is 0.328 e. The van der Waals surface area contributed by atoms with Gasteiger partial charge in [-0.15, -0.1) is 0 Å². The predicted octanol–water partition coefficient (Wildman–Crippen LogP) is 11.6. The number of nitrogens with zero attached hydrogens (tertiary/aromatic N) is 3. The molecule has 4 amide bonds. The highest BCUT2D eigenvalue weighted by Gasteiger charge is 2.34. The fourth-order valence-electron chi connectivity index (χ4n) is 13.6. The Balaban J connectivity index is 1.73. The number of esters is 2. The zero-order chi connectivity index (χ0) is 82.6. The molecule has 0 saturated heterocycles. The Morgan fingerprint density at radius 1 is 0.522 bits per heavy atom. The van der Waals surface area contributed by atoms with Crippen molar-refractivity contribution in [1.29, 1.82) is 0 Å². The number of carbonyl (C=O) groups excluding carboxylic acids is 8. The number of H-pyrrole nitrogens is 1. The molecule has 18 N–H and O–H groups in total. The molecule has 7 atom stereocenters. The number of nitrogens with two attached hydrogens (primary N) is 5. The molecule has 642 valence electrons. The number of ether oxygens (including phenoxy) is 2. The standard InChI is InChI=1S/C84H146N14O14S/c1-4-7-10-12-14-16-18-20-22-24-26-28-33-46-73(102)111-59-65(112-74(103)47-34-29-27-25-23-21-19-17-15-13-11-8-5-2)60-113-61-66(88)79(105)94-70(58-99)81(107)91-67(42-35-38-52-85)72(101)56-64(78(104)92-68(43-36-39-53-86)80(106)93-69(82(108)109)44-37-40-54-87)41-31-30-32-45-71(100)63-50-48-62(49-51-63)57-98-77-75(95-84(98)110)76(89)96-83(97-77)90-55-9-6-3/h48-51,64-70,99H,4-47,52-61,85-88H2,1-3H3,(H,91,107)(H,92,104)(H,93,106)(H,94,105)(H,95,110)(H,108,109)(H3,89,90,96,97)/t64?,65?,66-,67-,68-,69?,70?/m0/s1. The summed E-state index contributed by atoms with van der Waals surface area (Å²) in [5.41, 5.74) is 31.4. The number of rotatable bonds is 73. The highest BCUT2D eigenvalue weighted by molar-refractivity contribution is 7.99. The van der Waals surface area contributed by atoms with Crippen molar-refractivity contribution in [2.75, 3.05) is 61.9 Å². The van der Waals surface area contributed by atoms with E-state index in [1.54, 1.807) is 24.3 Å². The summed E-state index contributed by atoms with van der Waals surface area (Å²) in [5, 5.41) is 34.4. The fourth-order valence-corrected chi connectivity index (χ4v) is 14.5. The number of thioether (sulfide) groups is 1. The number of aliphatic hydroxyl groups is 1. The largest absolute Gasteiger partial charge is 0.480 e. The summed E-state index contributed by atoms with van der Waals surface area (Å²) in [7, 11) is 0. The van der Waals surface area contributed by atoms with Crippen molar-refractivity contribution in [2.24, 2.45) is 28.9 Å². The second-order valence-electron chi connectivity index (χ2n) is 30.6. The lowest BCUT2D eigenvalue weighted by Gasteiger charge is -2.26. The van der Waals surface area contributed by atoms with E-state index in [9.17, 15) is 58.2 Å². The first kappa shape index (κ1) is 100. The van der Waals surface area contributed by atoms with Crippen LogP contribution in [0.4, 0.5) is 11.8 Å². The minimum absolute atomic E-state index is 0.0189. The number of ketones is 2. The van der Waals surface area contributed by atoms with E-state index in [1.807, 2.05) is 0 Å². The molecular weight excluding hydrogens is 1460 g/mol. The van der Waals surface area contributed by atoms with Crippen molar-refractivity contribution in [2.45, 2.75) is 353 Å². The average Bonchev–Trinajstić information content (AvgIpc) is 1.64. The summed E-state index contributed by atoms with van der Waals surface area (Å²) in [6.07, 6.45) is 35.7. The molecule has 3 rings (SSSR count). The van der Waals surface area contributed by atoms with Crippen LogP contribution in [0.1, 0.15) is 326 Å². The molecule has 0 radical (unpaired) electrons. The topological polar surface area (TPSA) is 466 Å². The van der Waals surface area contributed by atoms with Crippen LogP contribution in [0.5, 0.6) is 0 Å². The van der Waals surface area contributed by atoms with E-state index in [0.717, 1.165) is 56.9 Å². The molecule has 0 aliphatic rings. The lowest BCUT2D eigenvalue weighted by molar-refractivity contribution is -0.157. The third-order valence-corrected chi connectivity index (χ3v) is 21.8. The number of aromatic amines is 1. The minimum Gasteiger partial charge on any atom is -0.480 e. The van der Waals surface area contributed by atoms with Gasteiger partial charge in [-0.2, -0.15) is 21.7 Å². The molecule has 2 heterocycles. The van der Waals surface area contributed by atoms with E-state index < -0.39 is 102 Å². The first-order valence-electron chi connectivity index (χ1n) is 43.2. The number of hydrogen-bond donors (Lipinski definition) is 13. The zero-order valence-electron chi connectivity index (χ0n) is 69.0. The van der Waals surface area contributed by atoms with Gasteiger partial charge < -0.3 is 79.9 Å². The van der Waals surface area contributed by atoms with Gasteiger partial charge in [0.15, 0.2) is 23.0 Å². The van der Waals surface area contributed by atoms with Gasteiger partial charge in [0.05, 0.1) is 25.2 Å². The van der Waals surface area contributed by atoms with Crippen molar-refractivity contribution in [3.05, 3.63) is 45.9 Å². The molecule has 113 heavy (non-hydrogen) atoms. The Bertz CT molecular complexity index is 3210. The van der Waals surface area contributed by atoms with Crippen LogP contribution in [0.25, 0.3) is 11.2 Å². The average molecular weight is 1610 g/mol. The monoisotopic (exact) mass is 1610 g/mol. The van der Waals surface area contributed by atoms with Crippen molar-refractivity contribution in [3.63, 3.8) is 0 Å². The molecular formula is C84H146N14O14S. The number of Topliss-reactive ketones (excluding diaryl/α,β-unsaturated/α-hetero) is 2. The number of amides is 4. The number of benzene rings is 1. The summed E-state index contributed by atoms with van der Waals surface area (Å²) in [6.45, 7) is 7.10. The number of carboxylic acids is 1. The number of aliphatic hydroxyl groups excluding tert-OH is 1. The Morgan fingerprint density at radius 2 is 0.982 bits per heavy atom. The molecule has 2 aromatic heterocycles. The molecule has 3 aromatic rings. The first-order chi connectivity index (χ1) is 54.7. The Labute approximate surface area is 677 Å². The predicted molar refractivity (Wildman–Crippen MR) is 450 cm³/mol. The van der Waals surface area contributed by atoms with Crippen LogP contribution in [0.2, 0.25) is 0 Å². The van der Waals surface area contributed by atoms with Gasteiger partial charge in [-0.3, -0.25) is 42.9 Å². The Morgan fingerprint density at radius 3 is 1.51 bits per heavy atom. The van der Waals surface area contributed by atoms with E-state index in [-0.39, 0.29) is 100 Å². The molecule has 0 bridgehead atoms. The molecule has 0 aliphatic carbocycles. The Hall–Kier alpha value is -7.05. The van der Waals surface area contributed by atoms with E-state index in [1.165, 1.54) is 132 Å². The van der Waals surface area contributed by atoms with Gasteiger partial charge >= 0.3 is 23.6 Å². The van der Waals surface area contributed by atoms with E-state index in [0.29, 0.717) is 106 Å². The molecule has 0 aliphatic heterocycles. The first-order valence-corrected chi connectivity index (χ1v) is 44.4.